The van der Waals surface area contributed by atoms with Gasteiger partial charge in [0.15, 0.2) is 0 Å². The van der Waals surface area contributed by atoms with Crippen molar-refractivity contribution in [2.75, 3.05) is 33.0 Å². The van der Waals surface area contributed by atoms with E-state index in [1.807, 2.05) is 6.92 Å². The highest BCUT2D eigenvalue weighted by Gasteiger charge is 2.27. The summed E-state index contributed by atoms with van der Waals surface area (Å²) in [6.45, 7) is 17.3. The van der Waals surface area contributed by atoms with E-state index >= 15 is 0 Å². The van der Waals surface area contributed by atoms with Crippen LogP contribution in [0.1, 0.15) is 75.6 Å². The minimum Gasteiger partial charge on any atom is -0.493 e. The van der Waals surface area contributed by atoms with Crippen molar-refractivity contribution in [2.45, 2.75) is 79.6 Å². The van der Waals surface area contributed by atoms with E-state index in [9.17, 15) is 19.8 Å². The Morgan fingerprint density at radius 2 is 1.09 bits per heavy atom. The molecular weight excluding hydrogens is 689 g/mol. The fourth-order valence-corrected chi connectivity index (χ4v) is 6.49. The largest absolute Gasteiger partial charge is 0.493 e. The summed E-state index contributed by atoms with van der Waals surface area (Å²) in [5.41, 5.74) is 11.2. The van der Waals surface area contributed by atoms with E-state index in [0.717, 1.165) is 45.6 Å². The molecule has 55 heavy (non-hydrogen) atoms. The Morgan fingerprint density at radius 1 is 0.636 bits per heavy atom. The van der Waals surface area contributed by atoms with Gasteiger partial charge in [-0.15, -0.1) is 0 Å². The van der Waals surface area contributed by atoms with Crippen LogP contribution in [0.15, 0.2) is 103 Å². The smallest absolute Gasteiger partial charge is 0.333 e. The molecule has 0 saturated heterocycles. The van der Waals surface area contributed by atoms with E-state index in [1.165, 1.54) is 22.3 Å². The molecule has 0 spiro atoms. The summed E-state index contributed by atoms with van der Waals surface area (Å²) in [7, 11) is 0. The molecule has 0 aliphatic heterocycles. The number of esters is 2. The summed E-state index contributed by atoms with van der Waals surface area (Å²) in [6, 6.07) is 28.2. The molecule has 4 aromatic carbocycles. The van der Waals surface area contributed by atoms with Crippen molar-refractivity contribution in [2.24, 2.45) is 5.41 Å². The molecule has 0 aromatic heterocycles. The van der Waals surface area contributed by atoms with Gasteiger partial charge in [-0.3, -0.25) is 0 Å². The number of hydrogen-bond donors (Lipinski definition) is 2. The van der Waals surface area contributed by atoms with Crippen molar-refractivity contribution in [1.82, 2.24) is 0 Å². The van der Waals surface area contributed by atoms with Gasteiger partial charge in [0, 0.05) is 16.6 Å². The summed E-state index contributed by atoms with van der Waals surface area (Å²) in [5.74, 6) is -0.112. The number of aliphatic hydroxyl groups is 2. The second-order valence-electron chi connectivity index (χ2n) is 14.6. The second-order valence-corrected chi connectivity index (χ2v) is 14.6. The van der Waals surface area contributed by atoms with Crippen LogP contribution < -0.4 is 4.74 Å². The SMILES string of the molecule is C=C(C)C(=O)OCCCc1cc(-c2ccc(-c3ccc(-c4ccc(C)cc4)cc3)cc2CC)cc(CCCOC(=O)C(=C)C)c1OCCC(CC)(CO)CO. The van der Waals surface area contributed by atoms with E-state index in [0.29, 0.717) is 56.3 Å². The first-order valence-corrected chi connectivity index (χ1v) is 19.4. The molecule has 0 aliphatic rings. The van der Waals surface area contributed by atoms with Gasteiger partial charge < -0.3 is 24.4 Å². The van der Waals surface area contributed by atoms with Gasteiger partial charge >= 0.3 is 11.9 Å². The maximum absolute atomic E-state index is 12.1. The predicted octanol–water partition coefficient (Wildman–Crippen LogP) is 9.81. The normalized spacial score (nSPS) is 11.3. The lowest BCUT2D eigenvalue weighted by atomic mass is 9.84. The molecule has 0 saturated carbocycles. The maximum Gasteiger partial charge on any atom is 0.333 e. The van der Waals surface area contributed by atoms with Crippen LogP contribution in [0.2, 0.25) is 0 Å². The fraction of sp³-hybridized carbons (Fsp3) is 0.375. The van der Waals surface area contributed by atoms with Crippen LogP contribution in [0, 0.1) is 12.3 Å². The van der Waals surface area contributed by atoms with Crippen LogP contribution >= 0.6 is 0 Å². The Bertz CT molecular complexity index is 1850. The van der Waals surface area contributed by atoms with Crippen molar-refractivity contribution in [3.05, 3.63) is 125 Å². The number of aliphatic hydroxyl groups excluding tert-OH is 2. The number of aryl methyl sites for hydroxylation is 4. The van der Waals surface area contributed by atoms with Crippen LogP contribution in [0.4, 0.5) is 0 Å². The molecule has 0 unspecified atom stereocenters. The van der Waals surface area contributed by atoms with Crippen LogP contribution in [0.5, 0.6) is 5.75 Å². The molecule has 0 radical (unpaired) electrons. The lowest BCUT2D eigenvalue weighted by Gasteiger charge is -2.28. The van der Waals surface area contributed by atoms with Crippen molar-refractivity contribution < 1.29 is 34.0 Å². The topological polar surface area (TPSA) is 102 Å². The minimum absolute atomic E-state index is 0.142. The Labute approximate surface area is 327 Å². The lowest BCUT2D eigenvalue weighted by molar-refractivity contribution is -0.139. The van der Waals surface area contributed by atoms with Crippen LogP contribution in [-0.4, -0.2) is 55.2 Å². The molecule has 4 rings (SSSR count). The predicted molar refractivity (Wildman–Crippen MR) is 222 cm³/mol. The number of hydrogen-bond acceptors (Lipinski definition) is 7. The van der Waals surface area contributed by atoms with Crippen molar-refractivity contribution >= 4 is 11.9 Å². The zero-order valence-corrected chi connectivity index (χ0v) is 33.3. The highest BCUT2D eigenvalue weighted by Crippen LogP contribution is 2.37. The van der Waals surface area contributed by atoms with Crippen molar-refractivity contribution in [3.63, 3.8) is 0 Å². The molecule has 0 amide bonds. The number of rotatable bonds is 21. The van der Waals surface area contributed by atoms with E-state index in [2.05, 4.69) is 106 Å². The van der Waals surface area contributed by atoms with Crippen molar-refractivity contribution in [3.8, 4) is 39.1 Å². The number of benzene rings is 4. The Hall–Kier alpha value is -4.98. The molecule has 4 aromatic rings. The lowest BCUT2D eigenvalue weighted by Crippen LogP contribution is -2.31. The van der Waals surface area contributed by atoms with Gasteiger partial charge in [0.1, 0.15) is 5.75 Å². The zero-order chi connectivity index (χ0) is 40.0. The average molecular weight is 747 g/mol. The monoisotopic (exact) mass is 746 g/mol. The van der Waals surface area contributed by atoms with E-state index in [4.69, 9.17) is 14.2 Å². The van der Waals surface area contributed by atoms with Gasteiger partial charge in [-0.1, -0.05) is 99.3 Å². The van der Waals surface area contributed by atoms with Gasteiger partial charge in [0.2, 0.25) is 0 Å². The van der Waals surface area contributed by atoms with Crippen LogP contribution in [0.3, 0.4) is 0 Å². The Balaban J connectivity index is 1.72. The van der Waals surface area contributed by atoms with Crippen LogP contribution in [-0.2, 0) is 38.3 Å². The molecule has 7 heteroatoms. The quantitative estimate of drug-likeness (QED) is 0.0497. The second kappa shape index (κ2) is 20.6. The number of ether oxygens (including phenoxy) is 3. The first-order valence-electron chi connectivity index (χ1n) is 19.4. The van der Waals surface area contributed by atoms with Crippen molar-refractivity contribution in [1.29, 1.82) is 0 Å². The standard InChI is InChI=1S/C48H58O7/c1-8-36-28-40(39-20-18-38(19-21-39)37-16-14-35(7)15-17-37)22-23-44(36)43-29-41(12-10-25-54-46(51)33(3)4)45(53-27-24-48(9-2,31-49)32-50)42(30-43)13-11-26-55-47(52)34(5)6/h14-23,28-30,49-50H,3,5,8-13,24-27,31-32H2,1-2,4,6-7H3. The molecule has 0 atom stereocenters. The molecule has 0 bridgehead atoms. The van der Waals surface area contributed by atoms with Gasteiger partial charge in [0.25, 0.3) is 0 Å². The number of carbonyl (C=O) groups is 2. The molecule has 7 nitrogen and oxygen atoms in total. The average Bonchev–Trinajstić information content (AvgIpc) is 3.20. The highest BCUT2D eigenvalue weighted by atomic mass is 16.5. The van der Waals surface area contributed by atoms with E-state index < -0.39 is 17.4 Å². The number of carbonyl (C=O) groups excluding carboxylic acids is 2. The third-order valence-electron chi connectivity index (χ3n) is 10.3. The van der Waals surface area contributed by atoms with Gasteiger partial charge in [0.05, 0.1) is 33.0 Å². The minimum atomic E-state index is -0.646. The summed E-state index contributed by atoms with van der Waals surface area (Å²) >= 11 is 0. The van der Waals surface area contributed by atoms with Gasteiger partial charge in [-0.2, -0.15) is 0 Å². The molecule has 0 fully saturated rings. The van der Waals surface area contributed by atoms with E-state index in [-0.39, 0.29) is 26.4 Å². The third kappa shape index (κ3) is 11.8. The maximum atomic E-state index is 12.1. The summed E-state index contributed by atoms with van der Waals surface area (Å²) in [5, 5.41) is 20.2. The Kier molecular flexibility index (Phi) is 16.0. The first kappa shape index (κ1) is 42.8. The highest BCUT2D eigenvalue weighted by molar-refractivity contribution is 5.87. The third-order valence-corrected chi connectivity index (χ3v) is 10.3. The van der Waals surface area contributed by atoms with Crippen LogP contribution in [0.25, 0.3) is 33.4 Å². The molecule has 0 aliphatic carbocycles. The van der Waals surface area contributed by atoms with Gasteiger partial charge in [-0.05, 0) is 128 Å². The van der Waals surface area contributed by atoms with Gasteiger partial charge in [-0.25, -0.2) is 9.59 Å². The Morgan fingerprint density at radius 3 is 1.55 bits per heavy atom. The molecular formula is C48H58O7. The summed E-state index contributed by atoms with van der Waals surface area (Å²) in [4.78, 5) is 24.3. The molecule has 0 heterocycles. The summed E-state index contributed by atoms with van der Waals surface area (Å²) < 4.78 is 17.4. The fourth-order valence-electron chi connectivity index (χ4n) is 6.49. The summed E-state index contributed by atoms with van der Waals surface area (Å²) in [6.07, 6.45) is 4.19. The van der Waals surface area contributed by atoms with E-state index in [1.54, 1.807) is 13.8 Å². The first-order chi connectivity index (χ1) is 26.4. The zero-order valence-electron chi connectivity index (χ0n) is 33.3. The molecule has 2 N–H and O–H groups in total. The molecule has 292 valence electrons.